The average molecular weight is 546 g/mol. The zero-order valence-corrected chi connectivity index (χ0v) is 23.3. The minimum absolute atomic E-state index is 0.183. The number of aryl methyl sites for hydroxylation is 1. The number of halogens is 2. The maximum atomic E-state index is 13.2. The summed E-state index contributed by atoms with van der Waals surface area (Å²) in [7, 11) is 1.59. The number of hydrogen-bond acceptors (Lipinski definition) is 4. The number of benzene rings is 2. The van der Waals surface area contributed by atoms with Crippen molar-refractivity contribution in [2.45, 2.75) is 39.5 Å². The minimum Gasteiger partial charge on any atom is -0.385 e. The third-order valence-corrected chi connectivity index (χ3v) is 6.50. The van der Waals surface area contributed by atoms with E-state index < -0.39 is 6.03 Å². The van der Waals surface area contributed by atoms with Crippen molar-refractivity contribution >= 4 is 46.6 Å². The Bertz CT molecular complexity index is 1250. The quantitative estimate of drug-likeness (QED) is 0.309. The second-order valence-corrected chi connectivity index (χ2v) is 10.5. The van der Waals surface area contributed by atoms with Crippen molar-refractivity contribution in [3.8, 4) is 5.69 Å². The Morgan fingerprint density at radius 2 is 1.81 bits per heavy atom. The average Bonchev–Trinajstić information content (AvgIpc) is 3.25. The molecule has 1 aromatic heterocycles. The van der Waals surface area contributed by atoms with E-state index in [1.807, 2.05) is 37.3 Å². The standard InChI is InChI=1S/C27H33Cl2N5O3/c1-18-10-6-7-13-21(18)34-23(16-22(32-34)27(2,3)4)31-24(35)17-33(14-9-15-37-5)26(36)30-20-12-8-11-19(28)25(20)29/h6-8,10-13,16H,9,14-15,17H2,1-5H3,(H,30,36)(H,31,35). The molecule has 0 aliphatic rings. The van der Waals surface area contributed by atoms with E-state index in [1.165, 1.54) is 4.90 Å². The van der Waals surface area contributed by atoms with E-state index in [4.69, 9.17) is 33.0 Å². The molecule has 1 heterocycles. The molecule has 2 N–H and O–H groups in total. The molecule has 3 aromatic rings. The van der Waals surface area contributed by atoms with Crippen LogP contribution in [-0.2, 0) is 14.9 Å². The highest BCUT2D eigenvalue weighted by Gasteiger charge is 2.24. The highest BCUT2D eigenvalue weighted by molar-refractivity contribution is 6.43. The summed E-state index contributed by atoms with van der Waals surface area (Å²) < 4.78 is 6.86. The number of carbonyl (C=O) groups excluding carboxylic acids is 2. The number of rotatable bonds is 9. The smallest absolute Gasteiger partial charge is 0.322 e. The minimum atomic E-state index is -0.474. The Kier molecular flexibility index (Phi) is 9.59. The van der Waals surface area contributed by atoms with Gasteiger partial charge in [-0.3, -0.25) is 4.79 Å². The monoisotopic (exact) mass is 545 g/mol. The first kappa shape index (κ1) is 28.5. The molecule has 0 saturated heterocycles. The number of carbonyl (C=O) groups is 2. The fourth-order valence-corrected chi connectivity index (χ4v) is 3.97. The Hall–Kier alpha value is -3.07. The number of ether oxygens (including phenoxy) is 1. The van der Waals surface area contributed by atoms with Gasteiger partial charge in [0, 0.05) is 31.7 Å². The number of amides is 3. The molecule has 0 aliphatic heterocycles. The number of hydrogen-bond donors (Lipinski definition) is 2. The van der Waals surface area contributed by atoms with E-state index in [0.717, 1.165) is 16.9 Å². The molecule has 3 amide bonds. The summed E-state index contributed by atoms with van der Waals surface area (Å²) in [6.07, 6.45) is 0.551. The first-order valence-corrected chi connectivity index (χ1v) is 12.7. The third-order valence-electron chi connectivity index (χ3n) is 5.68. The van der Waals surface area contributed by atoms with Crippen LogP contribution in [0.5, 0.6) is 0 Å². The number of aromatic nitrogens is 2. The van der Waals surface area contributed by atoms with Crippen LogP contribution in [0.3, 0.4) is 0 Å². The van der Waals surface area contributed by atoms with E-state index in [2.05, 4.69) is 31.4 Å². The predicted molar refractivity (Wildman–Crippen MR) is 149 cm³/mol. The Morgan fingerprint density at radius 3 is 2.49 bits per heavy atom. The fraction of sp³-hybridized carbons (Fsp3) is 0.370. The van der Waals surface area contributed by atoms with Crippen LogP contribution in [-0.4, -0.2) is 53.4 Å². The van der Waals surface area contributed by atoms with Gasteiger partial charge in [0.2, 0.25) is 5.91 Å². The molecule has 0 atom stereocenters. The van der Waals surface area contributed by atoms with Gasteiger partial charge in [0.15, 0.2) is 0 Å². The molecule has 10 heteroatoms. The lowest BCUT2D eigenvalue weighted by molar-refractivity contribution is -0.116. The normalized spacial score (nSPS) is 11.3. The fourth-order valence-electron chi connectivity index (χ4n) is 3.62. The van der Waals surface area contributed by atoms with E-state index in [9.17, 15) is 9.59 Å². The lowest BCUT2D eigenvalue weighted by Crippen LogP contribution is -2.41. The van der Waals surface area contributed by atoms with E-state index in [0.29, 0.717) is 36.1 Å². The molecule has 0 fully saturated rings. The van der Waals surface area contributed by atoms with Crippen molar-refractivity contribution in [2.24, 2.45) is 0 Å². The highest BCUT2D eigenvalue weighted by atomic mass is 35.5. The second-order valence-electron chi connectivity index (χ2n) is 9.71. The molecule has 198 valence electrons. The van der Waals surface area contributed by atoms with E-state index in [-0.39, 0.29) is 22.9 Å². The number of urea groups is 1. The summed E-state index contributed by atoms with van der Waals surface area (Å²) in [4.78, 5) is 27.7. The van der Waals surface area contributed by atoms with Crippen LogP contribution >= 0.6 is 23.2 Å². The lowest BCUT2D eigenvalue weighted by Gasteiger charge is -2.23. The molecular formula is C27H33Cl2N5O3. The van der Waals surface area contributed by atoms with Gasteiger partial charge in [0.25, 0.3) is 0 Å². The van der Waals surface area contributed by atoms with Gasteiger partial charge in [0.05, 0.1) is 27.1 Å². The van der Waals surface area contributed by atoms with Crippen LogP contribution < -0.4 is 10.6 Å². The molecule has 2 aromatic carbocycles. The van der Waals surface area contributed by atoms with Crippen LogP contribution in [0.25, 0.3) is 5.69 Å². The van der Waals surface area contributed by atoms with E-state index >= 15 is 0 Å². The number of methoxy groups -OCH3 is 1. The molecule has 8 nitrogen and oxygen atoms in total. The van der Waals surface area contributed by atoms with Gasteiger partial charge < -0.3 is 20.3 Å². The highest BCUT2D eigenvalue weighted by Crippen LogP contribution is 2.30. The summed E-state index contributed by atoms with van der Waals surface area (Å²) in [6.45, 7) is 8.73. The topological polar surface area (TPSA) is 88.5 Å². The Morgan fingerprint density at radius 1 is 1.08 bits per heavy atom. The SMILES string of the molecule is COCCCN(CC(=O)Nc1cc(C(C)(C)C)nn1-c1ccccc1C)C(=O)Nc1cccc(Cl)c1Cl. The van der Waals surface area contributed by atoms with Crippen LogP contribution in [0, 0.1) is 6.92 Å². The van der Waals surface area contributed by atoms with Crippen LogP contribution in [0.4, 0.5) is 16.3 Å². The first-order valence-electron chi connectivity index (χ1n) is 12.0. The van der Waals surface area contributed by atoms with Crippen molar-refractivity contribution in [2.75, 3.05) is 37.4 Å². The van der Waals surface area contributed by atoms with Gasteiger partial charge in [-0.05, 0) is 37.1 Å². The summed E-state index contributed by atoms with van der Waals surface area (Å²) in [5, 5.41) is 11.0. The number of para-hydroxylation sites is 1. The predicted octanol–water partition coefficient (Wildman–Crippen LogP) is 6.29. The van der Waals surface area contributed by atoms with Gasteiger partial charge in [-0.15, -0.1) is 0 Å². The van der Waals surface area contributed by atoms with Crippen molar-refractivity contribution in [3.63, 3.8) is 0 Å². The zero-order chi connectivity index (χ0) is 27.2. The Balaban J connectivity index is 1.83. The molecule has 0 radical (unpaired) electrons. The summed E-state index contributed by atoms with van der Waals surface area (Å²) in [6, 6.07) is 14.2. The summed E-state index contributed by atoms with van der Waals surface area (Å²) >= 11 is 12.3. The van der Waals surface area contributed by atoms with Crippen LogP contribution in [0.2, 0.25) is 10.0 Å². The summed E-state index contributed by atoms with van der Waals surface area (Å²) in [5.74, 6) is 0.166. The maximum Gasteiger partial charge on any atom is 0.322 e. The van der Waals surface area contributed by atoms with Gasteiger partial charge in [-0.1, -0.05) is 68.2 Å². The zero-order valence-electron chi connectivity index (χ0n) is 21.8. The molecule has 3 rings (SSSR count). The molecule has 0 bridgehead atoms. The largest absolute Gasteiger partial charge is 0.385 e. The molecule has 0 aliphatic carbocycles. The molecule has 0 saturated carbocycles. The van der Waals surface area contributed by atoms with Gasteiger partial charge in [0.1, 0.15) is 12.4 Å². The second kappa shape index (κ2) is 12.4. The third kappa shape index (κ3) is 7.47. The lowest BCUT2D eigenvalue weighted by atomic mass is 9.92. The number of nitrogens with zero attached hydrogens (tertiary/aromatic N) is 3. The van der Waals surface area contributed by atoms with E-state index in [1.54, 1.807) is 30.0 Å². The Labute approximate surface area is 227 Å². The van der Waals surface area contributed by atoms with Gasteiger partial charge >= 0.3 is 6.03 Å². The molecule has 0 unspecified atom stereocenters. The van der Waals surface area contributed by atoms with Crippen LogP contribution in [0.1, 0.15) is 38.4 Å². The van der Waals surface area contributed by atoms with Crippen LogP contribution in [0.15, 0.2) is 48.5 Å². The molecule has 0 spiro atoms. The van der Waals surface area contributed by atoms with Crippen molar-refractivity contribution in [1.82, 2.24) is 14.7 Å². The molecular weight excluding hydrogens is 513 g/mol. The van der Waals surface area contributed by atoms with Gasteiger partial charge in [-0.2, -0.15) is 5.10 Å². The first-order chi connectivity index (χ1) is 17.5. The van der Waals surface area contributed by atoms with Crippen molar-refractivity contribution in [3.05, 3.63) is 69.8 Å². The molecule has 37 heavy (non-hydrogen) atoms. The summed E-state index contributed by atoms with van der Waals surface area (Å²) in [5.41, 5.74) is 2.84. The number of nitrogens with one attached hydrogen (secondary N) is 2. The van der Waals surface area contributed by atoms with Gasteiger partial charge in [-0.25, -0.2) is 9.48 Å². The van der Waals surface area contributed by atoms with Crippen molar-refractivity contribution < 1.29 is 14.3 Å². The maximum absolute atomic E-state index is 13.2. The number of anilines is 2. The van der Waals surface area contributed by atoms with Crippen molar-refractivity contribution in [1.29, 1.82) is 0 Å².